The van der Waals surface area contributed by atoms with Crippen molar-refractivity contribution in [3.05, 3.63) is 460 Å². The van der Waals surface area contributed by atoms with E-state index in [0.717, 1.165) is 0 Å². The van der Waals surface area contributed by atoms with Gasteiger partial charge in [0.05, 0.1) is 49.8 Å². The van der Waals surface area contributed by atoms with E-state index >= 15 is 0 Å². The summed E-state index contributed by atoms with van der Waals surface area (Å²) in [5.74, 6) is 0. The van der Waals surface area contributed by atoms with E-state index in [0.29, 0.717) is 0 Å². The molecule has 8 heterocycles. The first-order chi connectivity index (χ1) is 65.8. The van der Waals surface area contributed by atoms with E-state index in [2.05, 4.69) is 481 Å². The minimum Gasteiger partial charge on any atom is -0.309 e. The van der Waals surface area contributed by atoms with Gasteiger partial charge in [-0.05, 0) is 182 Å². The van der Waals surface area contributed by atoms with E-state index in [4.69, 9.17) is 0 Å². The first-order valence-electron chi connectivity index (χ1n) is 45.6. The lowest BCUT2D eigenvalue weighted by molar-refractivity contribution is 0.660. The maximum Gasteiger partial charge on any atom is 0.0634 e. The largest absolute Gasteiger partial charge is 0.309 e. The van der Waals surface area contributed by atoms with Gasteiger partial charge in [0, 0.05) is 152 Å². The Hall–Kier alpha value is -15.8. The van der Waals surface area contributed by atoms with Crippen LogP contribution in [-0.4, -0.2) is 18.3 Å². The molecule has 21 aromatic carbocycles. The zero-order valence-electron chi connectivity index (χ0n) is 72.6. The molecule has 624 valence electrons. The van der Waals surface area contributed by atoms with Gasteiger partial charge in [-0.25, -0.2) is 0 Å². The molecule has 30 rings (SSSR count). The molecule has 0 atom stereocenters. The summed E-state index contributed by atoms with van der Waals surface area (Å²) in [7, 11) is 0. The summed E-state index contributed by atoms with van der Waals surface area (Å²) in [6.45, 7) is 4.70. The van der Waals surface area contributed by atoms with Crippen molar-refractivity contribution in [2.45, 2.75) is 19.3 Å². The lowest BCUT2D eigenvalue weighted by Gasteiger charge is -2.22. The monoisotopic (exact) mass is 1760 g/mol. The molecule has 29 aromatic rings. The van der Waals surface area contributed by atoms with Crippen LogP contribution >= 0.6 is 45.3 Å². The Labute approximate surface area is 782 Å². The summed E-state index contributed by atoms with van der Waals surface area (Å²) in [6, 6.07) is 164. The summed E-state index contributed by atoms with van der Waals surface area (Å²) in [6.07, 6.45) is 0. The second kappa shape index (κ2) is 30.7. The highest BCUT2D eigenvalue weighted by Crippen LogP contribution is 2.53. The normalized spacial score (nSPS) is 12.5. The standard InChI is InChI=1S/C39H27NS.C30H19NS.2C28H17NS/c1-39(2)32-12-6-3-9-27(32)28-20-17-25(23-33(28)39)24-15-18-26(19-16-24)40-34-13-7-4-10-29(34)30-21-22-36-37(38(30)40)31-11-5-8-14-35(31)41-36;1-2-8-20(9-3-1)21-14-16-22(17-15-21)31-26-12-6-4-10-23(26)24-18-19-28-29(30(24)31)25-11-5-7-13-27(25)32-28;1-2-10-19-18(8-1)9-7-14-23(19)29-24-13-5-3-11-20(24)21-16-17-26-27(28(21)29)22-12-4-6-15-25(22)30-26;1-2-8-19-17-20(14-13-18(19)7-1)29-24-11-5-3-9-21(24)22-15-16-26-27(28(22)29)23-10-4-6-12-25(23)30-26/h3-23H,1-2H3;1-19H;2*1-17H. The Bertz CT molecular complexity index is 9820. The quantitative estimate of drug-likeness (QED) is 0.158. The Morgan fingerprint density at radius 3 is 0.970 bits per heavy atom. The summed E-state index contributed by atoms with van der Waals surface area (Å²) in [4.78, 5) is 0. The maximum absolute atomic E-state index is 2.48. The fraction of sp³-hybridized carbons (Fsp3) is 0.0240. The first kappa shape index (κ1) is 77.2. The molecule has 8 heteroatoms. The van der Waals surface area contributed by atoms with Crippen LogP contribution in [0.3, 0.4) is 0 Å². The summed E-state index contributed by atoms with van der Waals surface area (Å²) >= 11 is 7.52. The number of aromatic nitrogens is 4. The lowest BCUT2D eigenvalue weighted by atomic mass is 9.81. The van der Waals surface area contributed by atoms with Gasteiger partial charge in [0.25, 0.3) is 0 Å². The zero-order valence-corrected chi connectivity index (χ0v) is 75.9. The van der Waals surface area contributed by atoms with Crippen LogP contribution in [0.4, 0.5) is 0 Å². The zero-order chi connectivity index (χ0) is 87.7. The van der Waals surface area contributed by atoms with Gasteiger partial charge in [0.15, 0.2) is 0 Å². The van der Waals surface area contributed by atoms with Gasteiger partial charge in [-0.15, -0.1) is 45.3 Å². The van der Waals surface area contributed by atoms with E-state index in [9.17, 15) is 0 Å². The van der Waals surface area contributed by atoms with E-state index in [1.54, 1.807) is 0 Å². The Morgan fingerprint density at radius 2 is 0.504 bits per heavy atom. The number of rotatable bonds is 6. The van der Waals surface area contributed by atoms with Gasteiger partial charge in [-0.1, -0.05) is 341 Å². The number of hydrogen-bond donors (Lipinski definition) is 0. The van der Waals surface area contributed by atoms with Gasteiger partial charge in [0.2, 0.25) is 0 Å². The van der Waals surface area contributed by atoms with E-state index < -0.39 is 0 Å². The van der Waals surface area contributed by atoms with Crippen LogP contribution in [0.5, 0.6) is 0 Å². The molecular weight excluding hydrogens is 1690 g/mol. The number of nitrogens with zero attached hydrogens (tertiary/aromatic N) is 4. The molecule has 0 amide bonds. The summed E-state index contributed by atoms with van der Waals surface area (Å²) < 4.78 is 20.6. The lowest BCUT2D eigenvalue weighted by Crippen LogP contribution is -2.14. The maximum atomic E-state index is 2.48. The molecule has 0 aliphatic heterocycles. The molecule has 0 unspecified atom stereocenters. The number of fused-ring (bicyclic) bond motifs is 33. The number of benzene rings is 21. The topological polar surface area (TPSA) is 19.7 Å². The third kappa shape index (κ3) is 12.2. The van der Waals surface area contributed by atoms with Crippen molar-refractivity contribution in [3.8, 4) is 56.1 Å². The van der Waals surface area contributed by atoms with E-state index in [1.165, 1.54) is 257 Å². The minimum absolute atomic E-state index is 0.000466. The molecule has 0 fully saturated rings. The highest BCUT2D eigenvalue weighted by molar-refractivity contribution is 7.27. The Kier molecular flexibility index (Phi) is 17.8. The SMILES string of the molecule is CC1(C)c2ccccc2-c2ccc(-c3ccc(-n4c5ccccc5c5ccc6sc7ccccc7c6c54)cc3)cc21.c1ccc(-c2ccc(-n3c4ccccc4c4ccc5sc6ccccc6c5c43)cc2)cc1.c1ccc2c(-n3c4ccccc4c4ccc5sc6ccccc6c5c43)cccc2c1.c1ccc2cc(-n3c4ccccc4c4ccc5sc6ccccc6c5c43)ccc2c1. The Balaban J connectivity index is 0.0000000913. The molecule has 133 heavy (non-hydrogen) atoms. The van der Waals surface area contributed by atoms with Gasteiger partial charge < -0.3 is 18.3 Å². The van der Waals surface area contributed by atoms with Gasteiger partial charge >= 0.3 is 0 Å². The van der Waals surface area contributed by atoms with E-state index in [-0.39, 0.29) is 5.41 Å². The third-order valence-corrected chi connectivity index (χ3v) is 32.5. The fourth-order valence-electron chi connectivity index (χ4n) is 22.0. The van der Waals surface area contributed by atoms with Crippen LogP contribution in [-0.2, 0) is 5.41 Å². The van der Waals surface area contributed by atoms with E-state index in [1.807, 2.05) is 45.3 Å². The molecule has 0 saturated carbocycles. The molecule has 0 N–H and O–H groups in total. The van der Waals surface area contributed by atoms with Crippen molar-refractivity contribution in [2.75, 3.05) is 0 Å². The smallest absolute Gasteiger partial charge is 0.0634 e. The predicted molar refractivity (Wildman–Crippen MR) is 578 cm³/mol. The van der Waals surface area contributed by atoms with Crippen LogP contribution < -0.4 is 0 Å². The van der Waals surface area contributed by atoms with Gasteiger partial charge in [-0.3, -0.25) is 0 Å². The molecule has 0 saturated heterocycles. The number of para-hydroxylation sites is 4. The second-order valence-electron chi connectivity index (χ2n) is 35.6. The predicted octanol–water partition coefficient (Wildman–Crippen LogP) is 36.6. The molecule has 0 bridgehead atoms. The number of hydrogen-bond acceptors (Lipinski definition) is 4. The van der Waals surface area contributed by atoms with Crippen LogP contribution in [0.2, 0.25) is 0 Å². The summed E-state index contributed by atoms with van der Waals surface area (Å²) in [5, 5.41) is 26.3. The highest BCUT2D eigenvalue weighted by atomic mass is 32.1. The van der Waals surface area contributed by atoms with Crippen LogP contribution in [0, 0.1) is 0 Å². The van der Waals surface area contributed by atoms with Crippen molar-refractivity contribution >= 4 is 235 Å². The van der Waals surface area contributed by atoms with Crippen molar-refractivity contribution < 1.29 is 0 Å². The third-order valence-electron chi connectivity index (χ3n) is 28.0. The minimum atomic E-state index is -0.000466. The average molecular weight is 1770 g/mol. The molecule has 8 aromatic heterocycles. The van der Waals surface area contributed by atoms with Crippen molar-refractivity contribution in [2.24, 2.45) is 0 Å². The fourth-order valence-corrected chi connectivity index (χ4v) is 26.4. The number of thiophene rings is 4. The van der Waals surface area contributed by atoms with Gasteiger partial charge in [-0.2, -0.15) is 0 Å². The molecule has 0 radical (unpaired) electrons. The second-order valence-corrected chi connectivity index (χ2v) is 39.9. The van der Waals surface area contributed by atoms with Crippen LogP contribution in [0.1, 0.15) is 25.0 Å². The van der Waals surface area contributed by atoms with Crippen LogP contribution in [0.25, 0.3) is 246 Å². The Morgan fingerprint density at radius 1 is 0.180 bits per heavy atom. The molecule has 4 nitrogen and oxygen atoms in total. The van der Waals surface area contributed by atoms with Crippen molar-refractivity contribution in [1.82, 2.24) is 18.3 Å². The molecular formula is C125H80N4S4. The van der Waals surface area contributed by atoms with Gasteiger partial charge in [0.1, 0.15) is 0 Å². The first-order valence-corrected chi connectivity index (χ1v) is 48.8. The molecule has 0 spiro atoms. The summed E-state index contributed by atoms with van der Waals surface area (Å²) in [5.41, 5.74) is 25.6. The highest BCUT2D eigenvalue weighted by Gasteiger charge is 2.36. The average Bonchev–Trinajstić information content (AvgIpc) is 1.57. The van der Waals surface area contributed by atoms with Crippen molar-refractivity contribution in [1.29, 1.82) is 0 Å². The molecule has 1 aliphatic carbocycles. The van der Waals surface area contributed by atoms with Crippen LogP contribution in [0.15, 0.2) is 449 Å². The molecule has 1 aliphatic rings. The van der Waals surface area contributed by atoms with Crippen molar-refractivity contribution in [3.63, 3.8) is 0 Å².